The van der Waals surface area contributed by atoms with Crippen molar-refractivity contribution in [3.63, 3.8) is 0 Å². The molecule has 0 spiro atoms. The zero-order valence-electron chi connectivity index (χ0n) is 5.86. The number of hydrogen-bond acceptors (Lipinski definition) is 4. The summed E-state index contributed by atoms with van der Waals surface area (Å²) in [6, 6.07) is 1.90. The summed E-state index contributed by atoms with van der Waals surface area (Å²) >= 11 is 1.31. The largest absolute Gasteiger partial charge is 0.479 e. The van der Waals surface area contributed by atoms with Crippen LogP contribution in [0.4, 0.5) is 0 Å². The lowest BCUT2D eigenvalue weighted by Gasteiger charge is -2.02. The van der Waals surface area contributed by atoms with Crippen LogP contribution in [0, 0.1) is 11.3 Å². The third kappa shape index (κ3) is 5.70. The molecular weight excluding hydrogens is 166 g/mol. The number of aliphatic hydroxyl groups excluding tert-OH is 1. The number of nitrogens with zero attached hydrogens (tertiary/aromatic N) is 1. The summed E-state index contributed by atoms with van der Waals surface area (Å²) in [5.41, 5.74) is 0. The Labute approximate surface area is 68.8 Å². The van der Waals surface area contributed by atoms with Crippen molar-refractivity contribution in [1.29, 1.82) is 5.26 Å². The molecule has 0 saturated carbocycles. The van der Waals surface area contributed by atoms with E-state index in [1.54, 1.807) is 0 Å². The monoisotopic (exact) mass is 175 g/mol. The van der Waals surface area contributed by atoms with E-state index in [4.69, 9.17) is 15.5 Å². The molecule has 1 unspecified atom stereocenters. The molecule has 1 atom stereocenters. The minimum atomic E-state index is -1.29. The first kappa shape index (κ1) is 10.3. The van der Waals surface area contributed by atoms with E-state index in [1.165, 1.54) is 11.8 Å². The Balaban J connectivity index is 3.26. The number of hydrogen-bond donors (Lipinski definition) is 2. The van der Waals surface area contributed by atoms with Crippen molar-refractivity contribution in [2.75, 3.05) is 11.5 Å². The molecule has 62 valence electrons. The number of carbonyl (C=O) groups is 1. The van der Waals surface area contributed by atoms with Crippen molar-refractivity contribution in [2.45, 2.75) is 12.5 Å². The van der Waals surface area contributed by atoms with Crippen LogP contribution in [-0.2, 0) is 4.79 Å². The van der Waals surface area contributed by atoms with Gasteiger partial charge in [-0.2, -0.15) is 5.26 Å². The van der Waals surface area contributed by atoms with Crippen molar-refractivity contribution in [1.82, 2.24) is 0 Å². The molecule has 0 amide bonds. The lowest BCUT2D eigenvalue weighted by molar-refractivity contribution is -0.146. The average molecular weight is 175 g/mol. The SMILES string of the molecule is N#CCSCCC(O)C(=O)O. The second-order valence-corrected chi connectivity index (χ2v) is 2.96. The van der Waals surface area contributed by atoms with Gasteiger partial charge in [-0.15, -0.1) is 11.8 Å². The number of thioether (sulfide) groups is 1. The van der Waals surface area contributed by atoms with Gasteiger partial charge in [0, 0.05) is 0 Å². The molecular formula is C6H9NO3S. The molecule has 0 heterocycles. The van der Waals surface area contributed by atoms with E-state index in [2.05, 4.69) is 0 Å². The summed E-state index contributed by atoms with van der Waals surface area (Å²) in [7, 11) is 0. The maximum absolute atomic E-state index is 10.0. The average Bonchev–Trinajstić information content (AvgIpc) is 1.97. The lowest BCUT2D eigenvalue weighted by atomic mass is 10.3. The Morgan fingerprint density at radius 1 is 1.73 bits per heavy atom. The Hall–Kier alpha value is -0.730. The molecule has 0 fully saturated rings. The van der Waals surface area contributed by atoms with E-state index < -0.39 is 12.1 Å². The highest BCUT2D eigenvalue weighted by molar-refractivity contribution is 7.99. The van der Waals surface area contributed by atoms with Crippen molar-refractivity contribution in [3.8, 4) is 6.07 Å². The van der Waals surface area contributed by atoms with Gasteiger partial charge in [-0.1, -0.05) is 0 Å². The fourth-order valence-corrected chi connectivity index (χ4v) is 1.06. The van der Waals surface area contributed by atoms with E-state index in [-0.39, 0.29) is 6.42 Å². The molecule has 0 aromatic rings. The predicted molar refractivity (Wildman–Crippen MR) is 41.2 cm³/mol. The van der Waals surface area contributed by atoms with E-state index in [0.29, 0.717) is 11.5 Å². The van der Waals surface area contributed by atoms with Gasteiger partial charge in [-0.25, -0.2) is 4.79 Å². The van der Waals surface area contributed by atoms with Crippen LogP contribution < -0.4 is 0 Å². The van der Waals surface area contributed by atoms with Crippen LogP contribution in [-0.4, -0.2) is 33.8 Å². The van der Waals surface area contributed by atoms with Gasteiger partial charge >= 0.3 is 5.97 Å². The topological polar surface area (TPSA) is 81.3 Å². The first-order valence-corrected chi connectivity index (χ1v) is 4.19. The maximum atomic E-state index is 10.0. The quantitative estimate of drug-likeness (QED) is 0.578. The van der Waals surface area contributed by atoms with Crippen LogP contribution in [0.25, 0.3) is 0 Å². The number of rotatable bonds is 5. The Bertz CT molecular complexity index is 166. The number of aliphatic carboxylic acids is 1. The van der Waals surface area contributed by atoms with Crippen LogP contribution in [0.3, 0.4) is 0 Å². The molecule has 0 aliphatic rings. The fourth-order valence-electron chi connectivity index (χ4n) is 0.436. The molecule has 0 radical (unpaired) electrons. The van der Waals surface area contributed by atoms with Gasteiger partial charge in [-0.05, 0) is 12.2 Å². The second-order valence-electron chi connectivity index (χ2n) is 1.85. The zero-order chi connectivity index (χ0) is 8.69. The van der Waals surface area contributed by atoms with Gasteiger partial charge in [0.15, 0.2) is 6.10 Å². The zero-order valence-corrected chi connectivity index (χ0v) is 6.67. The number of nitriles is 1. The number of carboxylic acid groups (broad SMARTS) is 1. The first-order chi connectivity index (χ1) is 5.18. The normalized spacial score (nSPS) is 12.0. The van der Waals surface area contributed by atoms with Gasteiger partial charge in [0.2, 0.25) is 0 Å². The smallest absolute Gasteiger partial charge is 0.332 e. The van der Waals surface area contributed by atoms with Crippen LogP contribution in [0.15, 0.2) is 0 Å². The van der Waals surface area contributed by atoms with Crippen molar-refractivity contribution in [2.24, 2.45) is 0 Å². The summed E-state index contributed by atoms with van der Waals surface area (Å²) < 4.78 is 0. The van der Waals surface area contributed by atoms with Gasteiger partial charge in [0.05, 0.1) is 11.8 Å². The summed E-state index contributed by atoms with van der Waals surface area (Å²) in [5.74, 6) is -0.365. The molecule has 0 aliphatic carbocycles. The molecule has 0 rings (SSSR count). The molecule has 2 N–H and O–H groups in total. The van der Waals surface area contributed by atoms with Crippen LogP contribution in [0.2, 0.25) is 0 Å². The Morgan fingerprint density at radius 3 is 2.82 bits per heavy atom. The second kappa shape index (κ2) is 6.01. The summed E-state index contributed by atoms with van der Waals surface area (Å²) in [5, 5.41) is 25.0. The minimum Gasteiger partial charge on any atom is -0.479 e. The molecule has 4 nitrogen and oxygen atoms in total. The highest BCUT2D eigenvalue weighted by Gasteiger charge is 2.11. The third-order valence-electron chi connectivity index (χ3n) is 0.987. The van der Waals surface area contributed by atoms with Crippen molar-refractivity contribution in [3.05, 3.63) is 0 Å². The molecule has 0 aromatic heterocycles. The molecule has 0 aliphatic heterocycles. The predicted octanol–water partition coefficient (Wildman–Crippen LogP) is 0.0788. The van der Waals surface area contributed by atoms with E-state index in [9.17, 15) is 4.79 Å². The minimum absolute atomic E-state index is 0.196. The van der Waals surface area contributed by atoms with E-state index in [0.717, 1.165) is 0 Å². The molecule has 0 aromatic carbocycles. The van der Waals surface area contributed by atoms with Crippen molar-refractivity contribution >= 4 is 17.7 Å². The summed E-state index contributed by atoms with van der Waals surface area (Å²) in [6.45, 7) is 0. The van der Waals surface area contributed by atoms with E-state index in [1.807, 2.05) is 6.07 Å². The highest BCUT2D eigenvalue weighted by atomic mass is 32.2. The van der Waals surface area contributed by atoms with Gasteiger partial charge in [0.25, 0.3) is 0 Å². The lowest BCUT2D eigenvalue weighted by Crippen LogP contribution is -2.19. The number of aliphatic hydroxyl groups is 1. The van der Waals surface area contributed by atoms with Crippen LogP contribution in [0.1, 0.15) is 6.42 Å². The molecule has 0 saturated heterocycles. The standard InChI is InChI=1S/C6H9NO3S/c7-2-4-11-3-1-5(8)6(9)10/h5,8H,1,3-4H2,(H,9,10). The Kier molecular flexibility index (Phi) is 5.61. The highest BCUT2D eigenvalue weighted by Crippen LogP contribution is 2.03. The summed E-state index contributed by atoms with van der Waals surface area (Å²) in [4.78, 5) is 10.0. The van der Waals surface area contributed by atoms with Gasteiger partial charge in [-0.3, -0.25) is 0 Å². The molecule has 0 bridgehead atoms. The maximum Gasteiger partial charge on any atom is 0.332 e. The van der Waals surface area contributed by atoms with Gasteiger partial charge in [0.1, 0.15) is 0 Å². The summed E-state index contributed by atoms with van der Waals surface area (Å²) in [6.07, 6.45) is -1.09. The number of carboxylic acids is 1. The molecule has 5 heteroatoms. The Morgan fingerprint density at radius 2 is 2.36 bits per heavy atom. The van der Waals surface area contributed by atoms with Crippen molar-refractivity contribution < 1.29 is 15.0 Å². The van der Waals surface area contributed by atoms with E-state index >= 15 is 0 Å². The third-order valence-corrected chi connectivity index (χ3v) is 1.84. The first-order valence-electron chi connectivity index (χ1n) is 3.04. The van der Waals surface area contributed by atoms with Gasteiger partial charge < -0.3 is 10.2 Å². The molecule has 11 heavy (non-hydrogen) atoms. The van der Waals surface area contributed by atoms with Crippen LogP contribution in [0.5, 0.6) is 0 Å². The van der Waals surface area contributed by atoms with Crippen LogP contribution >= 0.6 is 11.8 Å². The fraction of sp³-hybridized carbons (Fsp3) is 0.667.